The third-order valence-corrected chi connectivity index (χ3v) is 5.87. The fraction of sp³-hybridized carbons (Fsp3) is 0.526. The monoisotopic (exact) mass is 312 g/mol. The van der Waals surface area contributed by atoms with Gasteiger partial charge in [-0.1, -0.05) is 18.9 Å². The Hall–Kier alpha value is -1.81. The SMILES string of the molecule is Cn1ccc2c(C(=O)N3CCC4(O)CCCCC4C3)cccc21. The lowest BCUT2D eigenvalue weighted by Gasteiger charge is -2.47. The number of likely N-dealkylation sites (tertiary alicyclic amines) is 1. The van der Waals surface area contributed by atoms with E-state index in [1.54, 1.807) is 0 Å². The first-order valence-electron chi connectivity index (χ1n) is 8.64. The van der Waals surface area contributed by atoms with Gasteiger partial charge < -0.3 is 14.6 Å². The molecule has 1 amide bonds. The van der Waals surface area contributed by atoms with E-state index >= 15 is 0 Å². The number of aryl methyl sites for hydroxylation is 1. The number of nitrogens with zero attached hydrogens (tertiary/aromatic N) is 2. The quantitative estimate of drug-likeness (QED) is 0.880. The number of carbonyl (C=O) groups excluding carboxylic acids is 1. The number of aliphatic hydroxyl groups is 1. The highest BCUT2D eigenvalue weighted by Crippen LogP contribution is 2.40. The van der Waals surface area contributed by atoms with Gasteiger partial charge in [0.1, 0.15) is 0 Å². The highest BCUT2D eigenvalue weighted by Gasteiger charge is 2.43. The highest BCUT2D eigenvalue weighted by molar-refractivity contribution is 6.06. The summed E-state index contributed by atoms with van der Waals surface area (Å²) in [6, 6.07) is 7.94. The minimum Gasteiger partial charge on any atom is -0.389 e. The Morgan fingerprint density at radius 2 is 2.13 bits per heavy atom. The number of aromatic nitrogens is 1. The van der Waals surface area contributed by atoms with E-state index in [2.05, 4.69) is 0 Å². The molecule has 1 saturated heterocycles. The topological polar surface area (TPSA) is 45.5 Å². The van der Waals surface area contributed by atoms with Gasteiger partial charge in [0, 0.05) is 48.7 Å². The largest absolute Gasteiger partial charge is 0.389 e. The molecule has 122 valence electrons. The second-order valence-electron chi connectivity index (χ2n) is 7.21. The summed E-state index contributed by atoms with van der Waals surface area (Å²) >= 11 is 0. The van der Waals surface area contributed by atoms with E-state index in [0.29, 0.717) is 19.5 Å². The fourth-order valence-corrected chi connectivity index (χ4v) is 4.41. The summed E-state index contributed by atoms with van der Waals surface area (Å²) in [6.45, 7) is 1.35. The van der Waals surface area contributed by atoms with Crippen molar-refractivity contribution in [3.05, 3.63) is 36.0 Å². The minimum atomic E-state index is -0.534. The fourth-order valence-electron chi connectivity index (χ4n) is 4.41. The lowest BCUT2D eigenvalue weighted by atomic mass is 9.71. The molecule has 2 atom stereocenters. The summed E-state index contributed by atoms with van der Waals surface area (Å²) < 4.78 is 2.04. The molecular weight excluding hydrogens is 288 g/mol. The molecule has 0 spiro atoms. The van der Waals surface area contributed by atoms with Crippen LogP contribution >= 0.6 is 0 Å². The van der Waals surface area contributed by atoms with Gasteiger partial charge in [-0.25, -0.2) is 0 Å². The first kappa shape index (κ1) is 14.8. The van der Waals surface area contributed by atoms with E-state index in [9.17, 15) is 9.90 Å². The second-order valence-corrected chi connectivity index (χ2v) is 7.21. The Morgan fingerprint density at radius 3 is 3.00 bits per heavy atom. The first-order valence-corrected chi connectivity index (χ1v) is 8.64. The van der Waals surface area contributed by atoms with Crippen molar-refractivity contribution >= 4 is 16.8 Å². The number of carbonyl (C=O) groups is 1. The van der Waals surface area contributed by atoms with Crippen molar-refractivity contribution in [1.29, 1.82) is 0 Å². The molecule has 2 fully saturated rings. The molecule has 4 rings (SSSR count). The Kier molecular flexibility index (Phi) is 3.45. The maximum absolute atomic E-state index is 13.0. The lowest BCUT2D eigenvalue weighted by molar-refractivity contribution is -0.0885. The number of hydrogen-bond acceptors (Lipinski definition) is 2. The van der Waals surface area contributed by atoms with Gasteiger partial charge in [0.25, 0.3) is 5.91 Å². The first-order chi connectivity index (χ1) is 11.1. The normalized spacial score (nSPS) is 27.9. The van der Waals surface area contributed by atoms with Crippen molar-refractivity contribution in [2.24, 2.45) is 13.0 Å². The molecule has 1 aliphatic carbocycles. The highest BCUT2D eigenvalue weighted by atomic mass is 16.3. The van der Waals surface area contributed by atoms with Gasteiger partial charge in [-0.3, -0.25) is 4.79 Å². The standard InChI is InChI=1S/C19H24N2O2/c1-20-11-8-15-16(6-4-7-17(15)20)18(22)21-12-10-19(23)9-3-2-5-14(19)13-21/h4,6-8,11,14,23H,2-3,5,9-10,12-13H2,1H3. The van der Waals surface area contributed by atoms with Crippen molar-refractivity contribution in [2.75, 3.05) is 13.1 Å². The number of benzene rings is 1. The summed E-state index contributed by atoms with van der Waals surface area (Å²) in [5, 5.41) is 11.8. The molecule has 2 heterocycles. The molecule has 23 heavy (non-hydrogen) atoms. The van der Waals surface area contributed by atoms with Crippen LogP contribution in [-0.2, 0) is 7.05 Å². The summed E-state index contributed by atoms with van der Waals surface area (Å²) in [6.07, 6.45) is 6.93. The maximum Gasteiger partial charge on any atom is 0.254 e. The molecule has 2 unspecified atom stereocenters. The number of piperidine rings is 1. The number of amides is 1. The molecular formula is C19H24N2O2. The van der Waals surface area contributed by atoms with E-state index in [0.717, 1.165) is 35.7 Å². The van der Waals surface area contributed by atoms with Crippen LogP contribution in [-0.4, -0.2) is 39.2 Å². The number of fused-ring (bicyclic) bond motifs is 2. The van der Waals surface area contributed by atoms with E-state index < -0.39 is 5.60 Å². The van der Waals surface area contributed by atoms with Crippen LogP contribution in [0.3, 0.4) is 0 Å². The van der Waals surface area contributed by atoms with Crippen LogP contribution in [0.4, 0.5) is 0 Å². The van der Waals surface area contributed by atoms with Crippen LogP contribution in [0.5, 0.6) is 0 Å². The molecule has 2 aliphatic rings. The molecule has 1 N–H and O–H groups in total. The van der Waals surface area contributed by atoms with Crippen molar-refractivity contribution < 1.29 is 9.90 Å². The summed E-state index contributed by atoms with van der Waals surface area (Å²) in [7, 11) is 2.00. The van der Waals surface area contributed by atoms with E-state index in [1.807, 2.05) is 47.0 Å². The van der Waals surface area contributed by atoms with Crippen molar-refractivity contribution in [3.8, 4) is 0 Å². The van der Waals surface area contributed by atoms with Crippen molar-refractivity contribution in [1.82, 2.24) is 9.47 Å². The predicted octanol–water partition coefficient (Wildman–Crippen LogP) is 2.95. The van der Waals surface area contributed by atoms with Gasteiger partial charge in [-0.2, -0.15) is 0 Å². The third-order valence-electron chi connectivity index (χ3n) is 5.87. The van der Waals surface area contributed by atoms with Crippen LogP contribution in [0.25, 0.3) is 10.9 Å². The van der Waals surface area contributed by atoms with Crippen molar-refractivity contribution in [3.63, 3.8) is 0 Å². The van der Waals surface area contributed by atoms with E-state index in [1.165, 1.54) is 6.42 Å². The van der Waals surface area contributed by atoms with Gasteiger partial charge in [0.2, 0.25) is 0 Å². The molecule has 4 heteroatoms. The predicted molar refractivity (Wildman–Crippen MR) is 90.3 cm³/mol. The zero-order valence-electron chi connectivity index (χ0n) is 13.7. The minimum absolute atomic E-state index is 0.106. The van der Waals surface area contributed by atoms with E-state index in [-0.39, 0.29) is 11.8 Å². The van der Waals surface area contributed by atoms with Gasteiger partial charge in [0.15, 0.2) is 0 Å². The summed E-state index contributed by atoms with van der Waals surface area (Å²) in [5.74, 6) is 0.346. The number of hydrogen-bond donors (Lipinski definition) is 1. The van der Waals surface area contributed by atoms with Crippen LogP contribution in [0.1, 0.15) is 42.5 Å². The zero-order valence-corrected chi connectivity index (χ0v) is 13.7. The van der Waals surface area contributed by atoms with Gasteiger partial charge in [-0.15, -0.1) is 0 Å². The number of rotatable bonds is 1. The van der Waals surface area contributed by atoms with Gasteiger partial charge >= 0.3 is 0 Å². The molecule has 1 saturated carbocycles. The second kappa shape index (κ2) is 5.38. The summed E-state index contributed by atoms with van der Waals surface area (Å²) in [4.78, 5) is 15.0. The third kappa shape index (κ3) is 2.36. The van der Waals surface area contributed by atoms with Gasteiger partial charge in [-0.05, 0) is 37.5 Å². The van der Waals surface area contributed by atoms with Crippen molar-refractivity contribution in [2.45, 2.75) is 37.7 Å². The zero-order chi connectivity index (χ0) is 16.0. The lowest BCUT2D eigenvalue weighted by Crippen LogP contribution is -2.54. The van der Waals surface area contributed by atoms with Crippen LogP contribution in [0.2, 0.25) is 0 Å². The van der Waals surface area contributed by atoms with E-state index in [4.69, 9.17) is 0 Å². The van der Waals surface area contributed by atoms with Crippen LogP contribution in [0.15, 0.2) is 30.5 Å². The molecule has 0 bridgehead atoms. The van der Waals surface area contributed by atoms with Crippen LogP contribution in [0, 0.1) is 5.92 Å². The molecule has 1 aliphatic heterocycles. The Balaban J connectivity index is 1.62. The molecule has 2 aromatic rings. The maximum atomic E-state index is 13.0. The Labute approximate surface area is 136 Å². The van der Waals surface area contributed by atoms with Crippen LogP contribution < -0.4 is 0 Å². The molecule has 1 aromatic heterocycles. The molecule has 1 aromatic carbocycles. The average Bonchev–Trinajstić information content (AvgIpc) is 2.95. The smallest absolute Gasteiger partial charge is 0.254 e. The molecule has 0 radical (unpaired) electrons. The Bertz CT molecular complexity index is 751. The summed E-state index contributed by atoms with van der Waals surface area (Å²) in [5.41, 5.74) is 1.33. The molecule has 4 nitrogen and oxygen atoms in total. The van der Waals surface area contributed by atoms with Gasteiger partial charge in [0.05, 0.1) is 5.60 Å². The average molecular weight is 312 g/mol. The Morgan fingerprint density at radius 1 is 1.26 bits per heavy atom.